The summed E-state index contributed by atoms with van der Waals surface area (Å²) in [5, 5.41) is 9.31. The van der Waals surface area contributed by atoms with Crippen LogP contribution in [0.5, 0.6) is 0 Å². The minimum atomic E-state index is 0.0870. The predicted octanol–water partition coefficient (Wildman–Crippen LogP) is 1.72. The van der Waals surface area contributed by atoms with Gasteiger partial charge in [-0.05, 0) is 51.1 Å². The van der Waals surface area contributed by atoms with Crippen LogP contribution in [-0.2, 0) is 0 Å². The Bertz CT molecular complexity index is 264. The number of hydrogen-bond acceptors (Lipinski definition) is 3. The smallest absolute Gasteiger partial charge is 0.0503 e. The van der Waals surface area contributed by atoms with Gasteiger partial charge in [0.2, 0.25) is 0 Å². The van der Waals surface area contributed by atoms with E-state index in [1.807, 2.05) is 0 Å². The first-order valence-corrected chi connectivity index (χ1v) is 5.91. The summed E-state index contributed by atoms with van der Waals surface area (Å²) < 4.78 is 0. The fraction of sp³-hybridized carbons (Fsp3) is 1.00. The van der Waals surface area contributed by atoms with Gasteiger partial charge in [0.05, 0.1) is 6.04 Å². The molecule has 15 heavy (non-hydrogen) atoms. The lowest BCUT2D eigenvalue weighted by Gasteiger charge is -2.45. The van der Waals surface area contributed by atoms with Gasteiger partial charge in [0.1, 0.15) is 0 Å². The quantitative estimate of drug-likeness (QED) is 0.684. The molecule has 0 saturated heterocycles. The lowest BCUT2D eigenvalue weighted by atomic mass is 9.78. The number of fused-ring (bicyclic) bond motifs is 1. The van der Waals surface area contributed by atoms with Gasteiger partial charge >= 0.3 is 0 Å². The van der Waals surface area contributed by atoms with Crippen LogP contribution >= 0.6 is 0 Å². The monoisotopic (exact) mass is 212 g/mol. The molecular weight excluding hydrogens is 188 g/mol. The minimum absolute atomic E-state index is 0.0870. The Kier molecular flexibility index (Phi) is 2.42. The first-order chi connectivity index (χ1) is 6.84. The lowest BCUT2D eigenvalue weighted by molar-refractivity contribution is 0.000769. The van der Waals surface area contributed by atoms with Crippen molar-refractivity contribution in [2.45, 2.75) is 45.2 Å². The Labute approximate surface area is 92.8 Å². The van der Waals surface area contributed by atoms with Gasteiger partial charge < -0.3 is 10.1 Å². The van der Waals surface area contributed by atoms with Crippen LogP contribution in [0.15, 0.2) is 0 Å². The molecule has 0 amide bonds. The number of rotatable bonds is 2. The van der Waals surface area contributed by atoms with Crippen molar-refractivity contribution in [3.05, 3.63) is 0 Å². The van der Waals surface area contributed by atoms with Gasteiger partial charge in [0.25, 0.3) is 0 Å². The maximum atomic E-state index is 9.31. The molecule has 88 valence electrons. The molecule has 2 N–H and O–H groups in total. The van der Waals surface area contributed by atoms with Crippen molar-refractivity contribution in [2.24, 2.45) is 17.3 Å². The second-order valence-electron chi connectivity index (χ2n) is 6.41. The molecule has 0 aromatic heterocycles. The molecule has 0 aromatic rings. The third-order valence-corrected chi connectivity index (χ3v) is 5.34. The summed E-state index contributed by atoms with van der Waals surface area (Å²) in [6.45, 7) is 6.97. The summed E-state index contributed by atoms with van der Waals surface area (Å²) in [4.78, 5) is 2.26. The first kappa shape index (κ1) is 11.4. The van der Waals surface area contributed by atoms with E-state index in [2.05, 4.69) is 45.2 Å². The van der Waals surface area contributed by atoms with Gasteiger partial charge in [-0.15, -0.1) is 0 Å². The Hall–Kier alpha value is -0.120. The van der Waals surface area contributed by atoms with E-state index in [9.17, 15) is 5.21 Å². The van der Waals surface area contributed by atoms with Crippen LogP contribution in [0.4, 0.5) is 0 Å². The summed E-state index contributed by atoms with van der Waals surface area (Å²) in [5.41, 5.74) is 3.10. The van der Waals surface area contributed by atoms with E-state index in [0.29, 0.717) is 5.41 Å². The predicted molar refractivity (Wildman–Crippen MR) is 60.8 cm³/mol. The maximum absolute atomic E-state index is 9.31. The SMILES string of the molecule is CN(C)C1(C)CC2C(CC1NO)C2(C)C. The molecule has 2 fully saturated rings. The Morgan fingerprint density at radius 3 is 2.27 bits per heavy atom. The van der Waals surface area contributed by atoms with Crippen LogP contribution in [0.2, 0.25) is 0 Å². The summed E-state index contributed by atoms with van der Waals surface area (Å²) >= 11 is 0. The number of hydrogen-bond donors (Lipinski definition) is 2. The minimum Gasteiger partial charge on any atom is -0.316 e. The Balaban J connectivity index is 2.19. The van der Waals surface area contributed by atoms with Crippen molar-refractivity contribution >= 4 is 0 Å². The molecule has 3 heteroatoms. The molecule has 2 aliphatic carbocycles. The van der Waals surface area contributed by atoms with Crippen LogP contribution in [0.25, 0.3) is 0 Å². The van der Waals surface area contributed by atoms with E-state index in [4.69, 9.17) is 0 Å². The molecular formula is C12H24N2O. The fourth-order valence-electron chi connectivity index (χ4n) is 3.51. The maximum Gasteiger partial charge on any atom is 0.0503 e. The largest absolute Gasteiger partial charge is 0.316 e. The van der Waals surface area contributed by atoms with Crippen molar-refractivity contribution in [1.29, 1.82) is 0 Å². The number of nitrogens with zero attached hydrogens (tertiary/aromatic N) is 1. The third kappa shape index (κ3) is 1.44. The molecule has 2 saturated carbocycles. The summed E-state index contributed by atoms with van der Waals surface area (Å²) in [5.74, 6) is 1.64. The van der Waals surface area contributed by atoms with Crippen molar-refractivity contribution < 1.29 is 5.21 Å². The van der Waals surface area contributed by atoms with Crippen LogP contribution in [0, 0.1) is 17.3 Å². The number of nitrogens with one attached hydrogen (secondary N) is 1. The molecule has 0 bridgehead atoms. The zero-order valence-electron chi connectivity index (χ0n) is 10.5. The standard InChI is InChI=1S/C12H24N2O/c1-11(2)8-6-10(13-15)12(3,14(4)5)7-9(8)11/h8-10,13,15H,6-7H2,1-5H3. The normalized spacial score (nSPS) is 47.8. The molecule has 4 atom stereocenters. The summed E-state index contributed by atoms with van der Waals surface area (Å²) in [6, 6.07) is 0.204. The molecule has 2 rings (SSSR count). The molecule has 0 heterocycles. The van der Waals surface area contributed by atoms with Gasteiger partial charge in [-0.3, -0.25) is 0 Å². The highest BCUT2D eigenvalue weighted by atomic mass is 16.5. The summed E-state index contributed by atoms with van der Waals surface area (Å²) in [7, 11) is 4.22. The summed E-state index contributed by atoms with van der Waals surface area (Å²) in [6.07, 6.45) is 2.29. The fourth-order valence-corrected chi connectivity index (χ4v) is 3.51. The molecule has 0 aromatic carbocycles. The van der Waals surface area contributed by atoms with E-state index >= 15 is 0 Å². The van der Waals surface area contributed by atoms with Gasteiger partial charge in [-0.2, -0.15) is 0 Å². The van der Waals surface area contributed by atoms with E-state index in [1.165, 1.54) is 6.42 Å². The van der Waals surface area contributed by atoms with Crippen molar-refractivity contribution in [3.8, 4) is 0 Å². The average molecular weight is 212 g/mol. The van der Waals surface area contributed by atoms with Gasteiger partial charge in [-0.1, -0.05) is 13.8 Å². The number of hydroxylamine groups is 1. The second-order valence-corrected chi connectivity index (χ2v) is 6.41. The van der Waals surface area contributed by atoms with Gasteiger partial charge in [0, 0.05) is 5.54 Å². The highest BCUT2D eigenvalue weighted by molar-refractivity contribution is 5.16. The van der Waals surface area contributed by atoms with Gasteiger partial charge in [0.15, 0.2) is 0 Å². The molecule has 4 unspecified atom stereocenters. The van der Waals surface area contributed by atoms with Crippen LogP contribution in [0.1, 0.15) is 33.6 Å². The Morgan fingerprint density at radius 2 is 1.80 bits per heavy atom. The van der Waals surface area contributed by atoms with Crippen LogP contribution in [-0.4, -0.2) is 35.8 Å². The molecule has 3 nitrogen and oxygen atoms in total. The van der Waals surface area contributed by atoms with Crippen molar-refractivity contribution in [2.75, 3.05) is 14.1 Å². The zero-order valence-corrected chi connectivity index (χ0v) is 10.5. The zero-order chi connectivity index (χ0) is 11.4. The molecule has 2 aliphatic rings. The highest BCUT2D eigenvalue weighted by Gasteiger charge is 2.64. The van der Waals surface area contributed by atoms with E-state index < -0.39 is 0 Å². The first-order valence-electron chi connectivity index (χ1n) is 5.91. The molecule has 0 aliphatic heterocycles. The highest BCUT2D eigenvalue weighted by Crippen LogP contribution is 2.66. The average Bonchev–Trinajstić information content (AvgIpc) is 2.66. The Morgan fingerprint density at radius 1 is 1.20 bits per heavy atom. The van der Waals surface area contributed by atoms with Crippen molar-refractivity contribution in [1.82, 2.24) is 10.4 Å². The topological polar surface area (TPSA) is 35.5 Å². The van der Waals surface area contributed by atoms with Crippen LogP contribution < -0.4 is 5.48 Å². The van der Waals surface area contributed by atoms with E-state index in [0.717, 1.165) is 18.3 Å². The van der Waals surface area contributed by atoms with E-state index in [1.54, 1.807) is 0 Å². The van der Waals surface area contributed by atoms with Crippen molar-refractivity contribution in [3.63, 3.8) is 0 Å². The molecule has 0 spiro atoms. The molecule has 0 radical (unpaired) electrons. The lowest BCUT2D eigenvalue weighted by Crippen LogP contribution is -2.58. The second kappa shape index (κ2) is 3.19. The number of likely N-dealkylation sites (N-methyl/N-ethyl adjacent to an activating group) is 1. The van der Waals surface area contributed by atoms with E-state index in [-0.39, 0.29) is 11.6 Å². The van der Waals surface area contributed by atoms with Crippen LogP contribution in [0.3, 0.4) is 0 Å². The third-order valence-electron chi connectivity index (χ3n) is 5.34. The van der Waals surface area contributed by atoms with Gasteiger partial charge in [-0.25, -0.2) is 5.48 Å².